The molecule has 41 heavy (non-hydrogen) atoms. The van der Waals surface area contributed by atoms with Crippen molar-refractivity contribution in [1.29, 1.82) is 0 Å². The summed E-state index contributed by atoms with van der Waals surface area (Å²) in [4.78, 5) is 23.2. The van der Waals surface area contributed by atoms with Crippen LogP contribution in [0.2, 0.25) is 0 Å². The fourth-order valence-corrected chi connectivity index (χ4v) is 7.32. The third-order valence-electron chi connectivity index (χ3n) is 7.53. The lowest BCUT2D eigenvalue weighted by Crippen LogP contribution is -2.46. The Morgan fingerprint density at radius 1 is 0.854 bits per heavy atom. The molecule has 0 spiro atoms. The molecular formula is C31H28N6O2S2. The molecule has 1 aliphatic heterocycles. The average molecular weight is 581 g/mol. The van der Waals surface area contributed by atoms with Crippen LogP contribution < -0.4 is 4.90 Å². The van der Waals surface area contributed by atoms with Crippen LogP contribution in [0.4, 0.5) is 5.69 Å². The van der Waals surface area contributed by atoms with E-state index in [1.165, 1.54) is 23.2 Å². The molecule has 1 fully saturated rings. The molecule has 0 amide bonds. The highest BCUT2D eigenvalue weighted by Crippen LogP contribution is 2.33. The molecule has 0 unspecified atom stereocenters. The first-order valence-corrected chi connectivity index (χ1v) is 16.2. The van der Waals surface area contributed by atoms with Crippen LogP contribution in [-0.4, -0.2) is 65.7 Å². The predicted molar refractivity (Wildman–Crippen MR) is 165 cm³/mol. The van der Waals surface area contributed by atoms with E-state index >= 15 is 0 Å². The van der Waals surface area contributed by atoms with E-state index in [-0.39, 0.29) is 0 Å². The number of piperazine rings is 1. The van der Waals surface area contributed by atoms with Gasteiger partial charge in [0.25, 0.3) is 0 Å². The van der Waals surface area contributed by atoms with Crippen molar-refractivity contribution in [1.82, 2.24) is 24.8 Å². The van der Waals surface area contributed by atoms with Gasteiger partial charge in [-0.3, -0.25) is 14.9 Å². The first-order valence-electron chi connectivity index (χ1n) is 13.5. The summed E-state index contributed by atoms with van der Waals surface area (Å²) in [5.41, 5.74) is 8.23. The molecule has 0 bridgehead atoms. The Bertz CT molecular complexity index is 1970. The number of aromatic amines is 1. The zero-order valence-electron chi connectivity index (χ0n) is 22.5. The van der Waals surface area contributed by atoms with Gasteiger partial charge in [-0.05, 0) is 47.5 Å². The standard InChI is InChI=1S/C31H28N6O2S2/c1-41(38,39)29-12-11-28(40-29)22-6-8-23(9-7-22)31-34-25-3-2-4-27(30(25)35-31)37-17-15-36(16-18-37)20-21-5-10-24-26(19-21)33-14-13-32-24/h2-14,19H,15-18,20H2,1H3,(H,34,35). The third-order valence-corrected chi connectivity index (χ3v) is 10.5. The summed E-state index contributed by atoms with van der Waals surface area (Å²) >= 11 is 1.29. The van der Waals surface area contributed by atoms with Crippen molar-refractivity contribution >= 4 is 48.9 Å². The molecule has 7 rings (SSSR count). The Balaban J connectivity index is 1.06. The van der Waals surface area contributed by atoms with E-state index < -0.39 is 9.84 Å². The number of anilines is 1. The van der Waals surface area contributed by atoms with Gasteiger partial charge in [0, 0.05) is 61.8 Å². The van der Waals surface area contributed by atoms with Gasteiger partial charge in [0.1, 0.15) is 15.6 Å². The number of sulfone groups is 1. The highest BCUT2D eigenvalue weighted by molar-refractivity contribution is 7.92. The molecule has 0 saturated carbocycles. The van der Waals surface area contributed by atoms with Crippen molar-refractivity contribution in [2.24, 2.45) is 0 Å². The number of nitrogens with zero attached hydrogens (tertiary/aromatic N) is 5. The van der Waals surface area contributed by atoms with E-state index in [0.717, 1.165) is 82.3 Å². The minimum absolute atomic E-state index is 0.380. The van der Waals surface area contributed by atoms with Gasteiger partial charge >= 0.3 is 0 Å². The highest BCUT2D eigenvalue weighted by atomic mass is 32.2. The topological polar surface area (TPSA) is 95.1 Å². The van der Waals surface area contributed by atoms with Crippen LogP contribution in [0.5, 0.6) is 0 Å². The maximum Gasteiger partial charge on any atom is 0.184 e. The van der Waals surface area contributed by atoms with Gasteiger partial charge < -0.3 is 9.88 Å². The van der Waals surface area contributed by atoms with Gasteiger partial charge in [-0.25, -0.2) is 13.4 Å². The molecular weight excluding hydrogens is 553 g/mol. The third kappa shape index (κ3) is 5.21. The monoisotopic (exact) mass is 580 g/mol. The fraction of sp³-hybridized carbons (Fsp3) is 0.194. The molecule has 6 aromatic rings. The van der Waals surface area contributed by atoms with Gasteiger partial charge in [-0.1, -0.05) is 36.4 Å². The molecule has 1 aliphatic rings. The Hall–Kier alpha value is -4.12. The van der Waals surface area contributed by atoms with E-state index in [1.54, 1.807) is 18.5 Å². The van der Waals surface area contributed by atoms with Gasteiger partial charge in [-0.15, -0.1) is 11.3 Å². The van der Waals surface area contributed by atoms with Crippen LogP contribution in [0, 0.1) is 0 Å². The normalized spacial score (nSPS) is 14.7. The molecule has 8 nitrogen and oxygen atoms in total. The van der Waals surface area contributed by atoms with Crippen LogP contribution >= 0.6 is 11.3 Å². The SMILES string of the molecule is CS(=O)(=O)c1ccc(-c2ccc(-c3nc4c(N5CCN(Cc6ccc7nccnc7c6)CC5)cccc4[nH]3)cc2)s1. The van der Waals surface area contributed by atoms with Crippen molar-refractivity contribution in [3.63, 3.8) is 0 Å². The molecule has 0 aliphatic carbocycles. The van der Waals surface area contributed by atoms with E-state index in [2.05, 4.69) is 55.1 Å². The largest absolute Gasteiger partial charge is 0.367 e. The number of hydrogen-bond acceptors (Lipinski definition) is 8. The summed E-state index contributed by atoms with van der Waals surface area (Å²) in [5, 5.41) is 0. The fourth-order valence-electron chi connectivity index (χ4n) is 5.39. The molecule has 10 heteroatoms. The Morgan fingerprint density at radius 3 is 2.37 bits per heavy atom. The number of nitrogens with one attached hydrogen (secondary N) is 1. The number of para-hydroxylation sites is 1. The summed E-state index contributed by atoms with van der Waals surface area (Å²) in [6.45, 7) is 4.70. The zero-order valence-corrected chi connectivity index (χ0v) is 24.1. The van der Waals surface area contributed by atoms with Gasteiger partial charge in [-0.2, -0.15) is 0 Å². The molecule has 0 atom stereocenters. The van der Waals surface area contributed by atoms with Crippen LogP contribution in [0.25, 0.3) is 43.9 Å². The number of aromatic nitrogens is 4. The number of imidazole rings is 1. The van der Waals surface area contributed by atoms with Crippen molar-refractivity contribution in [3.8, 4) is 21.8 Å². The summed E-state index contributed by atoms with van der Waals surface area (Å²) < 4.78 is 24.1. The van der Waals surface area contributed by atoms with Crippen molar-refractivity contribution < 1.29 is 8.42 Å². The number of H-pyrrole nitrogens is 1. The molecule has 3 aromatic carbocycles. The maximum atomic E-state index is 11.9. The van der Waals surface area contributed by atoms with Crippen molar-refractivity contribution in [2.75, 3.05) is 37.3 Å². The number of rotatable bonds is 6. The van der Waals surface area contributed by atoms with E-state index in [9.17, 15) is 8.42 Å². The van der Waals surface area contributed by atoms with Crippen molar-refractivity contribution in [3.05, 3.63) is 90.8 Å². The first kappa shape index (κ1) is 25.8. The minimum Gasteiger partial charge on any atom is -0.367 e. The second kappa shape index (κ2) is 10.4. The van der Waals surface area contributed by atoms with Gasteiger partial charge in [0.15, 0.2) is 9.84 Å². The summed E-state index contributed by atoms with van der Waals surface area (Å²) in [6.07, 6.45) is 4.71. The maximum absolute atomic E-state index is 11.9. The second-order valence-corrected chi connectivity index (χ2v) is 13.7. The molecule has 4 heterocycles. The van der Waals surface area contributed by atoms with E-state index in [0.29, 0.717) is 4.21 Å². The van der Waals surface area contributed by atoms with Crippen LogP contribution in [0.1, 0.15) is 5.56 Å². The van der Waals surface area contributed by atoms with Crippen molar-refractivity contribution in [2.45, 2.75) is 10.8 Å². The lowest BCUT2D eigenvalue weighted by atomic mass is 10.1. The minimum atomic E-state index is -3.20. The highest BCUT2D eigenvalue weighted by Gasteiger charge is 2.21. The quantitative estimate of drug-likeness (QED) is 0.273. The average Bonchev–Trinajstić information content (AvgIpc) is 3.66. The molecule has 1 N–H and O–H groups in total. The summed E-state index contributed by atoms with van der Waals surface area (Å²) in [7, 11) is -3.20. The number of benzene rings is 3. The van der Waals surface area contributed by atoms with Crippen LogP contribution in [0.3, 0.4) is 0 Å². The lowest BCUT2D eigenvalue weighted by molar-refractivity contribution is 0.250. The van der Waals surface area contributed by atoms with Gasteiger partial charge in [0.2, 0.25) is 0 Å². The van der Waals surface area contributed by atoms with Crippen LogP contribution in [0.15, 0.2) is 89.4 Å². The number of hydrogen-bond donors (Lipinski definition) is 1. The zero-order chi connectivity index (χ0) is 28.0. The molecule has 3 aromatic heterocycles. The first-order chi connectivity index (χ1) is 19.9. The Morgan fingerprint density at radius 2 is 1.61 bits per heavy atom. The Kier molecular flexibility index (Phi) is 6.53. The Labute approximate surface area is 242 Å². The number of fused-ring (bicyclic) bond motifs is 2. The predicted octanol–water partition coefficient (Wildman–Crippen LogP) is 5.63. The molecule has 0 radical (unpaired) electrons. The molecule has 1 saturated heterocycles. The van der Waals surface area contributed by atoms with Gasteiger partial charge in [0.05, 0.1) is 22.2 Å². The van der Waals surface area contributed by atoms with E-state index in [4.69, 9.17) is 4.98 Å². The second-order valence-electron chi connectivity index (χ2n) is 10.4. The van der Waals surface area contributed by atoms with E-state index in [1.807, 2.05) is 36.4 Å². The van der Waals surface area contributed by atoms with Crippen LogP contribution in [-0.2, 0) is 16.4 Å². The lowest BCUT2D eigenvalue weighted by Gasteiger charge is -2.36. The summed E-state index contributed by atoms with van der Waals surface area (Å²) in [5.74, 6) is 0.819. The number of thiophene rings is 1. The smallest absolute Gasteiger partial charge is 0.184 e. The summed E-state index contributed by atoms with van der Waals surface area (Å²) in [6, 6.07) is 24.3. The molecule has 206 valence electrons.